The molecule has 0 bridgehead atoms. The number of hydrogen-bond acceptors (Lipinski definition) is 3. The molecule has 0 saturated heterocycles. The average Bonchev–Trinajstić information content (AvgIpc) is 3.11. The van der Waals surface area contributed by atoms with Crippen LogP contribution in [-0.2, 0) is 4.79 Å². The van der Waals surface area contributed by atoms with Crippen LogP contribution >= 0.6 is 0 Å². The molecule has 3 rings (SSSR count). The summed E-state index contributed by atoms with van der Waals surface area (Å²) in [5.74, 6) is -0.706. The number of nitrogens with two attached hydrogens (primary N) is 1. The molecule has 1 fully saturated rings. The summed E-state index contributed by atoms with van der Waals surface area (Å²) in [6.07, 6.45) is 2.83. The Balaban J connectivity index is 1.67. The topological polar surface area (TPSA) is 84.2 Å². The summed E-state index contributed by atoms with van der Waals surface area (Å²) in [6, 6.07) is 12.4. The van der Waals surface area contributed by atoms with E-state index in [1.54, 1.807) is 30.3 Å². The van der Waals surface area contributed by atoms with Gasteiger partial charge in [-0.25, -0.2) is 4.39 Å². The van der Waals surface area contributed by atoms with Crippen molar-refractivity contribution in [2.75, 3.05) is 17.2 Å². The number of benzene rings is 2. The van der Waals surface area contributed by atoms with Crippen molar-refractivity contribution in [1.29, 1.82) is 0 Å². The molecular weight excluding hydrogens is 333 g/mol. The maximum Gasteiger partial charge on any atom is 0.255 e. The SMILES string of the molecule is NC[C@H]1CCC[C@H]1C(=O)Nc1cccc(C(=O)Nc2cccc(F)c2)c1. The van der Waals surface area contributed by atoms with Crippen molar-refractivity contribution < 1.29 is 14.0 Å². The fourth-order valence-corrected chi connectivity index (χ4v) is 3.41. The number of amides is 2. The van der Waals surface area contributed by atoms with Crippen LogP contribution in [0.25, 0.3) is 0 Å². The summed E-state index contributed by atoms with van der Waals surface area (Å²) in [4.78, 5) is 24.8. The van der Waals surface area contributed by atoms with Gasteiger partial charge in [-0.2, -0.15) is 0 Å². The molecule has 136 valence electrons. The molecule has 0 spiro atoms. The van der Waals surface area contributed by atoms with Gasteiger partial charge < -0.3 is 16.4 Å². The van der Waals surface area contributed by atoms with E-state index in [-0.39, 0.29) is 23.7 Å². The van der Waals surface area contributed by atoms with Gasteiger partial charge in [-0.1, -0.05) is 18.6 Å². The van der Waals surface area contributed by atoms with Crippen molar-refractivity contribution in [1.82, 2.24) is 0 Å². The summed E-state index contributed by atoms with van der Waals surface area (Å²) >= 11 is 0. The molecule has 2 aromatic rings. The number of carbonyl (C=O) groups excluding carboxylic acids is 2. The largest absolute Gasteiger partial charge is 0.330 e. The van der Waals surface area contributed by atoms with Gasteiger partial charge in [0.15, 0.2) is 0 Å². The zero-order valence-electron chi connectivity index (χ0n) is 14.4. The van der Waals surface area contributed by atoms with E-state index in [9.17, 15) is 14.0 Å². The van der Waals surface area contributed by atoms with Crippen LogP contribution in [0.2, 0.25) is 0 Å². The number of rotatable bonds is 5. The monoisotopic (exact) mass is 355 g/mol. The third-order valence-electron chi connectivity index (χ3n) is 4.77. The molecule has 0 heterocycles. The zero-order chi connectivity index (χ0) is 18.5. The molecular formula is C20H22FN3O2. The fraction of sp³-hybridized carbons (Fsp3) is 0.300. The first kappa shape index (κ1) is 18.1. The molecule has 6 heteroatoms. The maximum atomic E-state index is 13.2. The van der Waals surface area contributed by atoms with Crippen molar-refractivity contribution in [3.8, 4) is 0 Å². The molecule has 0 unspecified atom stereocenters. The average molecular weight is 355 g/mol. The standard InChI is InChI=1S/C20H22FN3O2/c21-15-6-3-8-17(11-15)23-19(25)13-4-1-7-16(10-13)24-20(26)18-9-2-5-14(18)12-22/h1,3-4,6-8,10-11,14,18H,2,5,9,12,22H2,(H,23,25)(H,24,26)/t14-,18-/m1/s1. The Kier molecular flexibility index (Phi) is 5.63. The first-order valence-electron chi connectivity index (χ1n) is 8.74. The maximum absolute atomic E-state index is 13.2. The highest BCUT2D eigenvalue weighted by atomic mass is 19.1. The van der Waals surface area contributed by atoms with Crippen molar-refractivity contribution in [2.45, 2.75) is 19.3 Å². The summed E-state index contributed by atoms with van der Waals surface area (Å²) in [7, 11) is 0. The number of nitrogens with one attached hydrogen (secondary N) is 2. The Morgan fingerprint density at radius 1 is 1.04 bits per heavy atom. The van der Waals surface area contributed by atoms with Crippen LogP contribution in [0.4, 0.5) is 15.8 Å². The third kappa shape index (κ3) is 4.26. The lowest BCUT2D eigenvalue weighted by molar-refractivity contribution is -0.120. The molecule has 1 aliphatic carbocycles. The van der Waals surface area contributed by atoms with Crippen LogP contribution in [0, 0.1) is 17.7 Å². The molecule has 1 saturated carbocycles. The van der Waals surface area contributed by atoms with Crippen LogP contribution in [0.1, 0.15) is 29.6 Å². The van der Waals surface area contributed by atoms with Crippen molar-refractivity contribution >= 4 is 23.2 Å². The minimum absolute atomic E-state index is 0.0550. The molecule has 0 aliphatic heterocycles. The van der Waals surface area contributed by atoms with E-state index in [0.717, 1.165) is 19.3 Å². The van der Waals surface area contributed by atoms with E-state index >= 15 is 0 Å². The smallest absolute Gasteiger partial charge is 0.255 e. The number of halogens is 1. The zero-order valence-corrected chi connectivity index (χ0v) is 14.4. The van der Waals surface area contributed by atoms with Crippen LogP contribution in [0.15, 0.2) is 48.5 Å². The first-order chi connectivity index (χ1) is 12.6. The Morgan fingerprint density at radius 2 is 1.77 bits per heavy atom. The fourth-order valence-electron chi connectivity index (χ4n) is 3.41. The van der Waals surface area contributed by atoms with Crippen LogP contribution in [0.5, 0.6) is 0 Å². The molecule has 0 aromatic heterocycles. The van der Waals surface area contributed by atoms with Crippen LogP contribution in [0.3, 0.4) is 0 Å². The highest BCUT2D eigenvalue weighted by Gasteiger charge is 2.31. The Labute approximate surface area is 151 Å². The first-order valence-corrected chi connectivity index (χ1v) is 8.74. The minimum atomic E-state index is -0.421. The van der Waals surface area contributed by atoms with E-state index in [1.165, 1.54) is 18.2 Å². The Bertz CT molecular complexity index is 809. The van der Waals surface area contributed by atoms with Gasteiger partial charge in [0.1, 0.15) is 5.82 Å². The predicted molar refractivity (Wildman–Crippen MR) is 99.3 cm³/mol. The van der Waals surface area contributed by atoms with Crippen LogP contribution < -0.4 is 16.4 Å². The van der Waals surface area contributed by atoms with Gasteiger partial charge in [-0.3, -0.25) is 9.59 Å². The van der Waals surface area contributed by atoms with Crippen molar-refractivity contribution in [3.05, 3.63) is 59.9 Å². The van der Waals surface area contributed by atoms with Gasteiger partial charge in [0.2, 0.25) is 5.91 Å². The van der Waals surface area contributed by atoms with Gasteiger partial charge >= 0.3 is 0 Å². The summed E-state index contributed by atoms with van der Waals surface area (Å²) < 4.78 is 13.2. The quantitative estimate of drug-likeness (QED) is 0.769. The highest BCUT2D eigenvalue weighted by Crippen LogP contribution is 2.31. The van der Waals surface area contributed by atoms with Gasteiger partial charge in [0.25, 0.3) is 5.91 Å². The highest BCUT2D eigenvalue weighted by molar-refractivity contribution is 6.05. The molecule has 2 amide bonds. The van der Waals surface area contributed by atoms with E-state index in [2.05, 4.69) is 10.6 Å². The van der Waals surface area contributed by atoms with Crippen molar-refractivity contribution in [3.63, 3.8) is 0 Å². The van der Waals surface area contributed by atoms with Crippen LogP contribution in [-0.4, -0.2) is 18.4 Å². The van der Waals surface area contributed by atoms with E-state index in [4.69, 9.17) is 5.73 Å². The third-order valence-corrected chi connectivity index (χ3v) is 4.77. The lowest BCUT2D eigenvalue weighted by Crippen LogP contribution is -2.29. The normalized spacial score (nSPS) is 19.2. The molecule has 0 radical (unpaired) electrons. The van der Waals surface area contributed by atoms with Gasteiger partial charge in [-0.05, 0) is 61.7 Å². The lowest BCUT2D eigenvalue weighted by Gasteiger charge is -2.17. The lowest BCUT2D eigenvalue weighted by atomic mass is 9.95. The second-order valence-electron chi connectivity index (χ2n) is 6.57. The molecule has 5 nitrogen and oxygen atoms in total. The van der Waals surface area contributed by atoms with Gasteiger partial charge in [-0.15, -0.1) is 0 Å². The molecule has 1 aliphatic rings. The second-order valence-corrected chi connectivity index (χ2v) is 6.57. The Morgan fingerprint density at radius 3 is 2.50 bits per heavy atom. The minimum Gasteiger partial charge on any atom is -0.330 e. The summed E-state index contributed by atoms with van der Waals surface area (Å²) in [5.41, 5.74) is 7.06. The molecule has 2 aromatic carbocycles. The van der Waals surface area contributed by atoms with Crippen molar-refractivity contribution in [2.24, 2.45) is 17.6 Å². The van der Waals surface area contributed by atoms with E-state index in [0.29, 0.717) is 23.5 Å². The van der Waals surface area contributed by atoms with Gasteiger partial charge in [0, 0.05) is 22.9 Å². The van der Waals surface area contributed by atoms with E-state index in [1.807, 2.05) is 0 Å². The second kappa shape index (κ2) is 8.10. The number of hydrogen-bond donors (Lipinski definition) is 3. The Hall–Kier alpha value is -2.73. The van der Waals surface area contributed by atoms with Gasteiger partial charge in [0.05, 0.1) is 0 Å². The molecule has 26 heavy (non-hydrogen) atoms. The molecule has 4 N–H and O–H groups in total. The number of anilines is 2. The van der Waals surface area contributed by atoms with E-state index < -0.39 is 5.82 Å². The summed E-state index contributed by atoms with van der Waals surface area (Å²) in [6.45, 7) is 0.508. The number of carbonyl (C=O) groups is 2. The molecule has 2 atom stereocenters. The predicted octanol–water partition coefficient (Wildman–Crippen LogP) is 3.39. The summed E-state index contributed by atoms with van der Waals surface area (Å²) in [5, 5.41) is 5.52.